The molecular weight excluding hydrogens is 108 g/mol. The molecule has 8 heavy (non-hydrogen) atoms. The molecule has 0 aromatic rings. The van der Waals surface area contributed by atoms with Gasteiger partial charge in [-0.05, 0) is 10.4 Å². The van der Waals surface area contributed by atoms with Crippen LogP contribution in [0.2, 0.25) is 0 Å². The van der Waals surface area contributed by atoms with Crippen LogP contribution in [0.1, 0.15) is 0 Å². The topological polar surface area (TPSA) is 97.1 Å². The molecule has 0 aliphatic carbocycles. The Labute approximate surface area is 44.7 Å². The first-order valence-electron chi connectivity index (χ1n) is 1.55. The van der Waals surface area contributed by atoms with Crippen LogP contribution >= 0.6 is 0 Å². The van der Waals surface area contributed by atoms with E-state index in [-0.39, 0.29) is 0 Å². The van der Waals surface area contributed by atoms with E-state index < -0.39 is 0 Å². The Hall–Kier alpha value is -1.64. The van der Waals surface area contributed by atoms with Gasteiger partial charge in [0.25, 0.3) is 0 Å². The van der Waals surface area contributed by atoms with Crippen molar-refractivity contribution in [2.45, 2.75) is 0 Å². The molecule has 0 spiro atoms. The lowest BCUT2D eigenvalue weighted by Crippen LogP contribution is -1.46. The minimum atomic E-state index is 1.59. The third-order valence-corrected chi connectivity index (χ3v) is 0.229. The molecule has 0 bridgehead atoms. The first-order valence-corrected chi connectivity index (χ1v) is 1.55. The SMILES string of the molecule is N=C=NN=NN=C=N. The highest BCUT2D eigenvalue weighted by atomic mass is 15.5. The summed E-state index contributed by atoms with van der Waals surface area (Å²) in [5.74, 6) is 0. The summed E-state index contributed by atoms with van der Waals surface area (Å²) in [6.07, 6.45) is 0. The molecule has 0 amide bonds. The van der Waals surface area contributed by atoms with Crippen molar-refractivity contribution in [1.29, 1.82) is 10.8 Å². The van der Waals surface area contributed by atoms with Crippen LogP contribution in [0.3, 0.4) is 0 Å². The van der Waals surface area contributed by atoms with E-state index in [2.05, 4.69) is 20.6 Å². The zero-order valence-corrected chi connectivity index (χ0v) is 3.79. The molecule has 6 heteroatoms. The molecule has 0 fully saturated rings. The summed E-state index contributed by atoms with van der Waals surface area (Å²) >= 11 is 0. The Morgan fingerprint density at radius 3 is 1.50 bits per heavy atom. The van der Waals surface area contributed by atoms with Gasteiger partial charge in [-0.2, -0.15) is 0 Å². The number of hydrogen-bond acceptors (Lipinski definition) is 4. The van der Waals surface area contributed by atoms with Crippen LogP contribution in [-0.2, 0) is 0 Å². The molecule has 0 aromatic heterocycles. The molecule has 0 saturated carbocycles. The summed E-state index contributed by atoms with van der Waals surface area (Å²) in [7, 11) is 0. The van der Waals surface area contributed by atoms with Gasteiger partial charge in [-0.25, -0.2) is 10.8 Å². The predicted octanol–water partition coefficient (Wildman–Crippen LogP) is 0.774. The number of nitrogens with one attached hydrogen (secondary N) is 2. The average Bonchev–Trinajstić information content (AvgIpc) is 1.81. The van der Waals surface area contributed by atoms with Gasteiger partial charge in [0.15, 0.2) is 0 Å². The van der Waals surface area contributed by atoms with E-state index in [1.807, 2.05) is 0 Å². The van der Waals surface area contributed by atoms with E-state index in [9.17, 15) is 0 Å². The van der Waals surface area contributed by atoms with Gasteiger partial charge in [0.1, 0.15) is 12.0 Å². The van der Waals surface area contributed by atoms with Crippen LogP contribution in [0.5, 0.6) is 0 Å². The highest BCUT2D eigenvalue weighted by Crippen LogP contribution is 1.71. The zero-order chi connectivity index (χ0) is 6.24. The standard InChI is InChI=1S/C2H2N6/c3-1-5-7-8-6-2-4/h3-4H. The Kier molecular flexibility index (Phi) is 4.26. The quantitative estimate of drug-likeness (QED) is 0.298. The summed E-state index contributed by atoms with van der Waals surface area (Å²) < 4.78 is 0. The molecule has 0 atom stereocenters. The molecule has 2 N–H and O–H groups in total. The van der Waals surface area contributed by atoms with Gasteiger partial charge in [0, 0.05) is 0 Å². The second kappa shape index (κ2) is 5.36. The van der Waals surface area contributed by atoms with E-state index in [0.29, 0.717) is 0 Å². The fraction of sp³-hybridized carbons (Fsp3) is 0. The molecule has 40 valence electrons. The van der Waals surface area contributed by atoms with Crippen molar-refractivity contribution in [3.8, 4) is 0 Å². The molecule has 0 radical (unpaired) electrons. The van der Waals surface area contributed by atoms with Crippen molar-refractivity contribution >= 4 is 12.0 Å². The third-order valence-electron chi connectivity index (χ3n) is 0.229. The maximum atomic E-state index is 6.16. The smallest absolute Gasteiger partial charge is 0.116 e. The lowest BCUT2D eigenvalue weighted by atomic mass is 11.5. The van der Waals surface area contributed by atoms with E-state index in [1.165, 1.54) is 0 Å². The monoisotopic (exact) mass is 110 g/mol. The van der Waals surface area contributed by atoms with Gasteiger partial charge in [-0.1, -0.05) is 10.2 Å². The molecule has 0 heterocycles. The van der Waals surface area contributed by atoms with Gasteiger partial charge in [-0.15, -0.1) is 0 Å². The summed E-state index contributed by atoms with van der Waals surface area (Å²) in [5, 5.41) is 23.8. The van der Waals surface area contributed by atoms with Gasteiger partial charge in [0.05, 0.1) is 0 Å². The number of rotatable bonds is 2. The van der Waals surface area contributed by atoms with Gasteiger partial charge >= 0.3 is 0 Å². The minimum absolute atomic E-state index is 1.59. The van der Waals surface area contributed by atoms with E-state index in [0.717, 1.165) is 0 Å². The fourth-order valence-corrected chi connectivity index (χ4v) is 0.0847. The fourth-order valence-electron chi connectivity index (χ4n) is 0.0847. The maximum Gasteiger partial charge on any atom is 0.116 e. The minimum Gasteiger partial charge on any atom is -0.240 e. The lowest BCUT2D eigenvalue weighted by molar-refractivity contribution is 0.963. The highest BCUT2D eigenvalue weighted by Gasteiger charge is 1.55. The van der Waals surface area contributed by atoms with E-state index in [4.69, 9.17) is 10.8 Å². The summed E-state index contributed by atoms with van der Waals surface area (Å²) in [6.45, 7) is 0. The molecule has 0 aliphatic rings. The highest BCUT2D eigenvalue weighted by molar-refractivity contribution is 5.35. The van der Waals surface area contributed by atoms with Crippen LogP contribution in [0.15, 0.2) is 20.6 Å². The molecule has 0 aromatic carbocycles. The van der Waals surface area contributed by atoms with Crippen molar-refractivity contribution in [2.24, 2.45) is 20.6 Å². The Morgan fingerprint density at radius 2 is 1.25 bits per heavy atom. The Balaban J connectivity index is 3.66. The largest absolute Gasteiger partial charge is 0.240 e. The van der Waals surface area contributed by atoms with E-state index in [1.54, 1.807) is 12.0 Å². The van der Waals surface area contributed by atoms with Gasteiger partial charge in [0.2, 0.25) is 0 Å². The molecule has 0 aliphatic heterocycles. The summed E-state index contributed by atoms with van der Waals surface area (Å²) in [4.78, 5) is 0. The van der Waals surface area contributed by atoms with Crippen LogP contribution in [0, 0.1) is 10.8 Å². The zero-order valence-electron chi connectivity index (χ0n) is 3.79. The number of nitrogens with zero attached hydrogens (tertiary/aromatic N) is 4. The molecule has 0 unspecified atom stereocenters. The second-order valence-corrected chi connectivity index (χ2v) is 0.602. The average molecular weight is 110 g/mol. The molecule has 6 nitrogen and oxygen atoms in total. The van der Waals surface area contributed by atoms with Crippen molar-refractivity contribution in [3.05, 3.63) is 0 Å². The van der Waals surface area contributed by atoms with Crippen LogP contribution in [0.25, 0.3) is 0 Å². The Morgan fingerprint density at radius 1 is 0.875 bits per heavy atom. The first kappa shape index (κ1) is 6.36. The normalized spacial score (nSPS) is 7.50. The summed E-state index contributed by atoms with van der Waals surface area (Å²) in [5.41, 5.74) is 0. The second-order valence-electron chi connectivity index (χ2n) is 0.602. The Bertz CT molecular complexity index is 147. The molecule has 0 saturated heterocycles. The molecular formula is C2H2N6. The van der Waals surface area contributed by atoms with Gasteiger partial charge < -0.3 is 0 Å². The van der Waals surface area contributed by atoms with Crippen molar-refractivity contribution in [3.63, 3.8) is 0 Å². The predicted molar refractivity (Wildman–Crippen MR) is 25.2 cm³/mol. The lowest BCUT2D eigenvalue weighted by Gasteiger charge is -1.59. The first-order chi connectivity index (χ1) is 3.91. The van der Waals surface area contributed by atoms with Gasteiger partial charge in [-0.3, -0.25) is 0 Å². The maximum absolute atomic E-state index is 6.16. The van der Waals surface area contributed by atoms with Crippen LogP contribution in [0.4, 0.5) is 0 Å². The summed E-state index contributed by atoms with van der Waals surface area (Å²) in [6, 6.07) is 3.18. The molecule has 0 rings (SSSR count). The van der Waals surface area contributed by atoms with E-state index >= 15 is 0 Å². The van der Waals surface area contributed by atoms with Crippen molar-refractivity contribution in [2.75, 3.05) is 0 Å². The van der Waals surface area contributed by atoms with Crippen LogP contribution < -0.4 is 0 Å². The third kappa shape index (κ3) is 4.36. The number of hydrogen-bond donors (Lipinski definition) is 2. The van der Waals surface area contributed by atoms with Crippen molar-refractivity contribution in [1.82, 2.24) is 0 Å². The van der Waals surface area contributed by atoms with Crippen molar-refractivity contribution < 1.29 is 0 Å². The van der Waals surface area contributed by atoms with Crippen LogP contribution in [-0.4, -0.2) is 12.0 Å².